The quantitative estimate of drug-likeness (QED) is 0.511. The van der Waals surface area contributed by atoms with Gasteiger partial charge in [-0.2, -0.15) is 0 Å². The molecule has 90 valence electrons. The van der Waals surface area contributed by atoms with E-state index < -0.39 is 0 Å². The van der Waals surface area contributed by atoms with Crippen LogP contribution in [0.2, 0.25) is 0 Å². The molecule has 0 aliphatic heterocycles. The van der Waals surface area contributed by atoms with Gasteiger partial charge in [-0.05, 0) is 30.1 Å². The summed E-state index contributed by atoms with van der Waals surface area (Å²) in [6.07, 6.45) is 10.3. The van der Waals surface area contributed by atoms with Crippen molar-refractivity contribution < 1.29 is 0 Å². The van der Waals surface area contributed by atoms with Gasteiger partial charge in [-0.3, -0.25) is 0 Å². The van der Waals surface area contributed by atoms with E-state index in [1.165, 1.54) is 44.9 Å². The third kappa shape index (κ3) is 6.22. The van der Waals surface area contributed by atoms with E-state index in [1.54, 1.807) is 0 Å². The molecule has 0 radical (unpaired) electrons. The Morgan fingerprint density at radius 1 is 1.00 bits per heavy atom. The third-order valence-electron chi connectivity index (χ3n) is 4.03. The lowest BCUT2D eigenvalue weighted by Crippen LogP contribution is -1.97. The van der Waals surface area contributed by atoms with Crippen LogP contribution in [0.15, 0.2) is 0 Å². The van der Waals surface area contributed by atoms with Gasteiger partial charge in [0.2, 0.25) is 0 Å². The third-order valence-corrected chi connectivity index (χ3v) is 4.03. The van der Waals surface area contributed by atoms with E-state index in [9.17, 15) is 0 Å². The van der Waals surface area contributed by atoms with Crippen molar-refractivity contribution in [1.82, 2.24) is 0 Å². The van der Waals surface area contributed by atoms with Crippen molar-refractivity contribution in [2.45, 2.75) is 72.6 Å². The second-order valence-corrected chi connectivity index (χ2v) is 6.33. The van der Waals surface area contributed by atoms with Gasteiger partial charge in [0.05, 0.1) is 0 Å². The highest BCUT2D eigenvalue weighted by molar-refractivity contribution is 4.81. The average Bonchev–Trinajstić information content (AvgIpc) is 2.81. The monoisotopic (exact) mass is 210 g/mol. The predicted octanol–water partition coefficient (Wildman–Crippen LogP) is 5.28. The molecular formula is C15H30. The molecule has 1 aliphatic carbocycles. The summed E-state index contributed by atoms with van der Waals surface area (Å²) >= 11 is 0. The smallest absolute Gasteiger partial charge is 0.0386 e. The Morgan fingerprint density at radius 3 is 2.13 bits per heavy atom. The first kappa shape index (κ1) is 13.1. The molecule has 0 nitrogen and oxygen atoms in total. The summed E-state index contributed by atoms with van der Waals surface area (Å²) in [6.45, 7) is 9.51. The van der Waals surface area contributed by atoms with Crippen LogP contribution in [0.5, 0.6) is 0 Å². The number of rotatable bonds is 8. The number of hydrogen-bond acceptors (Lipinski definition) is 0. The van der Waals surface area contributed by atoms with Crippen LogP contribution in [-0.4, -0.2) is 0 Å². The molecule has 1 rings (SSSR count). The maximum atomic E-state index is 2.44. The molecule has 1 saturated carbocycles. The van der Waals surface area contributed by atoms with Gasteiger partial charge in [0.1, 0.15) is 0 Å². The average molecular weight is 210 g/mol. The molecule has 0 aromatic carbocycles. The van der Waals surface area contributed by atoms with Crippen molar-refractivity contribution in [1.29, 1.82) is 0 Å². The van der Waals surface area contributed by atoms with Crippen LogP contribution < -0.4 is 0 Å². The standard InChI is InChI=1S/C15H30/c1-12(2)7-5-8-13(3)9-6-10-15-11-14(15)4/h12-15H,5-11H2,1-4H3. The SMILES string of the molecule is CC(C)CCCC(C)CCCC1CC1C. The molecule has 0 aromatic rings. The Labute approximate surface area is 96.8 Å². The fraction of sp³-hybridized carbons (Fsp3) is 1.00. The van der Waals surface area contributed by atoms with Gasteiger partial charge in [-0.1, -0.05) is 66.2 Å². The Morgan fingerprint density at radius 2 is 1.60 bits per heavy atom. The van der Waals surface area contributed by atoms with Crippen LogP contribution >= 0.6 is 0 Å². The maximum Gasteiger partial charge on any atom is -0.0386 e. The fourth-order valence-electron chi connectivity index (χ4n) is 2.55. The van der Waals surface area contributed by atoms with Gasteiger partial charge >= 0.3 is 0 Å². The van der Waals surface area contributed by atoms with Crippen LogP contribution in [0.3, 0.4) is 0 Å². The minimum Gasteiger partial charge on any atom is -0.0628 e. The summed E-state index contributed by atoms with van der Waals surface area (Å²) in [6, 6.07) is 0. The van der Waals surface area contributed by atoms with Crippen LogP contribution in [0, 0.1) is 23.7 Å². The zero-order chi connectivity index (χ0) is 11.3. The topological polar surface area (TPSA) is 0 Å². The van der Waals surface area contributed by atoms with Crippen LogP contribution in [-0.2, 0) is 0 Å². The van der Waals surface area contributed by atoms with Crippen LogP contribution in [0.25, 0.3) is 0 Å². The van der Waals surface area contributed by atoms with Crippen LogP contribution in [0.1, 0.15) is 72.6 Å². The van der Waals surface area contributed by atoms with E-state index in [0.29, 0.717) is 0 Å². The molecule has 3 atom stereocenters. The van der Waals surface area contributed by atoms with Crippen LogP contribution in [0.4, 0.5) is 0 Å². The van der Waals surface area contributed by atoms with Crippen molar-refractivity contribution in [2.75, 3.05) is 0 Å². The summed E-state index contributed by atoms with van der Waals surface area (Å²) in [5, 5.41) is 0. The molecule has 15 heavy (non-hydrogen) atoms. The highest BCUT2D eigenvalue weighted by Crippen LogP contribution is 2.41. The normalized spacial score (nSPS) is 27.0. The molecule has 0 saturated heterocycles. The predicted molar refractivity (Wildman–Crippen MR) is 69.0 cm³/mol. The molecule has 1 fully saturated rings. The van der Waals surface area contributed by atoms with E-state index in [2.05, 4.69) is 27.7 Å². The molecule has 0 N–H and O–H groups in total. The summed E-state index contributed by atoms with van der Waals surface area (Å²) in [4.78, 5) is 0. The van der Waals surface area contributed by atoms with Gasteiger partial charge in [0, 0.05) is 0 Å². The minimum absolute atomic E-state index is 0.893. The zero-order valence-electron chi connectivity index (χ0n) is 11.3. The van der Waals surface area contributed by atoms with Crippen molar-refractivity contribution in [2.24, 2.45) is 23.7 Å². The van der Waals surface area contributed by atoms with E-state index in [4.69, 9.17) is 0 Å². The lowest BCUT2D eigenvalue weighted by molar-refractivity contribution is 0.416. The minimum atomic E-state index is 0.893. The maximum absolute atomic E-state index is 2.44. The second-order valence-electron chi connectivity index (χ2n) is 6.33. The highest BCUT2D eigenvalue weighted by atomic mass is 14.4. The second kappa shape index (κ2) is 6.55. The Hall–Kier alpha value is 0. The lowest BCUT2D eigenvalue weighted by atomic mass is 9.95. The van der Waals surface area contributed by atoms with Gasteiger partial charge in [-0.25, -0.2) is 0 Å². The van der Waals surface area contributed by atoms with E-state index in [0.717, 1.165) is 23.7 Å². The fourth-order valence-corrected chi connectivity index (χ4v) is 2.55. The molecule has 0 amide bonds. The largest absolute Gasteiger partial charge is 0.0628 e. The van der Waals surface area contributed by atoms with E-state index in [1.807, 2.05) is 0 Å². The zero-order valence-corrected chi connectivity index (χ0v) is 11.3. The molecule has 0 bridgehead atoms. The van der Waals surface area contributed by atoms with Gasteiger partial charge in [0.15, 0.2) is 0 Å². The molecule has 0 heterocycles. The number of hydrogen-bond donors (Lipinski definition) is 0. The first-order valence-corrected chi connectivity index (χ1v) is 7.09. The molecular weight excluding hydrogens is 180 g/mol. The van der Waals surface area contributed by atoms with Crippen molar-refractivity contribution >= 4 is 0 Å². The van der Waals surface area contributed by atoms with Crippen molar-refractivity contribution in [3.63, 3.8) is 0 Å². The molecule has 3 unspecified atom stereocenters. The van der Waals surface area contributed by atoms with E-state index >= 15 is 0 Å². The summed E-state index contributed by atoms with van der Waals surface area (Å²) in [5.74, 6) is 4.02. The Kier molecular flexibility index (Phi) is 5.71. The Balaban J connectivity index is 1.87. The van der Waals surface area contributed by atoms with Gasteiger partial charge in [0.25, 0.3) is 0 Å². The molecule has 0 heteroatoms. The highest BCUT2D eigenvalue weighted by Gasteiger charge is 2.31. The summed E-state index contributed by atoms with van der Waals surface area (Å²) in [7, 11) is 0. The van der Waals surface area contributed by atoms with Gasteiger partial charge in [-0.15, -0.1) is 0 Å². The first-order chi connectivity index (χ1) is 7.09. The van der Waals surface area contributed by atoms with Gasteiger partial charge < -0.3 is 0 Å². The molecule has 0 aromatic heterocycles. The Bertz CT molecular complexity index is 159. The summed E-state index contributed by atoms with van der Waals surface area (Å²) in [5.41, 5.74) is 0. The molecule has 1 aliphatic rings. The van der Waals surface area contributed by atoms with Crippen molar-refractivity contribution in [3.8, 4) is 0 Å². The first-order valence-electron chi connectivity index (χ1n) is 7.09. The molecule has 0 spiro atoms. The summed E-state index contributed by atoms with van der Waals surface area (Å²) < 4.78 is 0. The van der Waals surface area contributed by atoms with Crippen molar-refractivity contribution in [3.05, 3.63) is 0 Å². The van der Waals surface area contributed by atoms with E-state index in [-0.39, 0.29) is 0 Å². The lowest BCUT2D eigenvalue weighted by Gasteiger charge is -2.11.